The molecule has 1 N–H and O–H groups in total. The molecule has 0 saturated heterocycles. The summed E-state index contributed by atoms with van der Waals surface area (Å²) in [4.78, 5) is 2.10. The van der Waals surface area contributed by atoms with Gasteiger partial charge in [0, 0.05) is 32.2 Å². The van der Waals surface area contributed by atoms with E-state index in [0.717, 1.165) is 6.54 Å². The zero-order valence-electron chi connectivity index (χ0n) is 9.72. The molecule has 1 aromatic heterocycles. The number of nitrogens with zero attached hydrogens (tertiary/aromatic N) is 2. The number of nitrogens with one attached hydrogen (secondary N) is 1. The zero-order chi connectivity index (χ0) is 11.4. The van der Waals surface area contributed by atoms with Crippen LogP contribution in [0.3, 0.4) is 0 Å². The van der Waals surface area contributed by atoms with Crippen molar-refractivity contribution in [3.8, 4) is 0 Å². The Hall–Kier alpha value is -1.90. The van der Waals surface area contributed by atoms with Gasteiger partial charge >= 0.3 is 0 Å². The third-order valence-electron chi connectivity index (χ3n) is 2.52. The number of benzene rings is 1. The average molecular weight is 215 g/mol. The van der Waals surface area contributed by atoms with E-state index in [4.69, 9.17) is 0 Å². The van der Waals surface area contributed by atoms with Crippen LogP contribution in [0, 0.1) is 0 Å². The Balaban J connectivity index is 1.95. The quantitative estimate of drug-likeness (QED) is 0.844. The van der Waals surface area contributed by atoms with Gasteiger partial charge in [-0.1, -0.05) is 12.1 Å². The molecule has 3 nitrogen and oxygen atoms in total. The van der Waals surface area contributed by atoms with Crippen molar-refractivity contribution in [2.75, 3.05) is 24.4 Å². The first-order valence-electron chi connectivity index (χ1n) is 5.39. The maximum Gasteiger partial charge on any atom is 0.0564 e. The van der Waals surface area contributed by atoms with Crippen molar-refractivity contribution >= 4 is 5.69 Å². The molecule has 2 rings (SSSR count). The molecule has 0 saturated carbocycles. The molecule has 1 aromatic carbocycles. The number of aromatic nitrogens is 1. The first kappa shape index (κ1) is 10.6. The Bertz CT molecular complexity index is 415. The van der Waals surface area contributed by atoms with Gasteiger partial charge in [-0.3, -0.25) is 4.68 Å². The highest BCUT2D eigenvalue weighted by Crippen LogP contribution is 2.12. The monoisotopic (exact) mass is 215 g/mol. The van der Waals surface area contributed by atoms with E-state index in [-0.39, 0.29) is 0 Å². The van der Waals surface area contributed by atoms with Gasteiger partial charge in [-0.2, -0.15) is 0 Å². The summed E-state index contributed by atoms with van der Waals surface area (Å²) in [6, 6.07) is 12.6. The lowest BCUT2D eigenvalue weighted by Gasteiger charge is -2.13. The largest absolute Gasteiger partial charge is 0.378 e. The van der Waals surface area contributed by atoms with E-state index < -0.39 is 0 Å². The van der Waals surface area contributed by atoms with Crippen LogP contribution in [0.4, 0.5) is 5.69 Å². The highest BCUT2D eigenvalue weighted by molar-refractivity contribution is 5.46. The van der Waals surface area contributed by atoms with Gasteiger partial charge in [0.2, 0.25) is 0 Å². The Morgan fingerprint density at radius 1 is 1.06 bits per heavy atom. The highest BCUT2D eigenvalue weighted by Gasteiger charge is 1.95. The van der Waals surface area contributed by atoms with Gasteiger partial charge in [-0.25, -0.2) is 0 Å². The zero-order valence-corrected chi connectivity index (χ0v) is 9.72. The second-order valence-electron chi connectivity index (χ2n) is 3.99. The van der Waals surface area contributed by atoms with E-state index in [1.807, 2.05) is 43.3 Å². The summed E-state index contributed by atoms with van der Waals surface area (Å²) in [5, 5.41) is 0. The summed E-state index contributed by atoms with van der Waals surface area (Å²) >= 11 is 0. The second-order valence-corrected chi connectivity index (χ2v) is 3.99. The summed E-state index contributed by atoms with van der Waals surface area (Å²) in [5.74, 6) is 0. The van der Waals surface area contributed by atoms with E-state index in [9.17, 15) is 0 Å². The van der Waals surface area contributed by atoms with Crippen molar-refractivity contribution in [3.63, 3.8) is 0 Å². The van der Waals surface area contributed by atoms with E-state index >= 15 is 0 Å². The molecule has 0 amide bonds. The van der Waals surface area contributed by atoms with Crippen molar-refractivity contribution < 1.29 is 0 Å². The first-order chi connectivity index (χ1) is 7.75. The summed E-state index contributed by atoms with van der Waals surface area (Å²) in [5.41, 5.74) is 5.80. The molecule has 0 bridgehead atoms. The number of hydrogen-bond donors (Lipinski definition) is 1. The fraction of sp³-hybridized carbons (Fsp3) is 0.231. The van der Waals surface area contributed by atoms with E-state index in [1.165, 1.54) is 11.3 Å². The van der Waals surface area contributed by atoms with Crippen molar-refractivity contribution in [1.82, 2.24) is 4.68 Å². The van der Waals surface area contributed by atoms with Crippen LogP contribution >= 0.6 is 0 Å². The average Bonchev–Trinajstić information content (AvgIpc) is 2.80. The van der Waals surface area contributed by atoms with Crippen molar-refractivity contribution in [2.45, 2.75) is 6.54 Å². The molecule has 2 aromatic rings. The number of anilines is 1. The fourth-order valence-corrected chi connectivity index (χ4v) is 1.53. The van der Waals surface area contributed by atoms with E-state index in [1.54, 1.807) is 0 Å². The highest BCUT2D eigenvalue weighted by atomic mass is 15.4. The van der Waals surface area contributed by atoms with Gasteiger partial charge in [-0.05, 0) is 29.8 Å². The molecule has 0 radical (unpaired) electrons. The maximum absolute atomic E-state index is 3.29. The Kier molecular flexibility index (Phi) is 3.15. The van der Waals surface area contributed by atoms with Crippen molar-refractivity contribution in [3.05, 3.63) is 54.4 Å². The topological polar surface area (TPSA) is 20.2 Å². The minimum atomic E-state index is 0.836. The SMILES string of the molecule is CN(C)c1ccc(CNn2cccc2)cc1. The molecule has 0 aliphatic carbocycles. The standard InChI is InChI=1S/C13H17N3/c1-15(2)13-7-5-12(6-8-13)11-14-16-9-3-4-10-16/h3-10,14H,11H2,1-2H3. The van der Waals surface area contributed by atoms with Gasteiger partial charge in [0.05, 0.1) is 6.54 Å². The van der Waals surface area contributed by atoms with Crippen LogP contribution in [0.2, 0.25) is 0 Å². The molecule has 3 heteroatoms. The van der Waals surface area contributed by atoms with Gasteiger partial charge in [-0.15, -0.1) is 0 Å². The smallest absolute Gasteiger partial charge is 0.0564 e. The minimum absolute atomic E-state index is 0.836. The van der Waals surface area contributed by atoms with Gasteiger partial charge < -0.3 is 10.3 Å². The Morgan fingerprint density at radius 3 is 2.25 bits per heavy atom. The third kappa shape index (κ3) is 2.57. The molecule has 84 valence electrons. The van der Waals surface area contributed by atoms with E-state index in [0.29, 0.717) is 0 Å². The molecule has 0 fully saturated rings. The summed E-state index contributed by atoms with van der Waals surface area (Å²) in [6.45, 7) is 0.836. The maximum atomic E-state index is 3.29. The Morgan fingerprint density at radius 2 is 1.69 bits per heavy atom. The molecule has 0 atom stereocenters. The third-order valence-corrected chi connectivity index (χ3v) is 2.52. The van der Waals surface area contributed by atoms with E-state index in [2.05, 4.69) is 34.6 Å². The van der Waals surface area contributed by atoms with Crippen LogP contribution in [0.1, 0.15) is 5.56 Å². The molecule has 0 aliphatic rings. The molecular weight excluding hydrogens is 198 g/mol. The molecule has 0 spiro atoms. The summed E-state index contributed by atoms with van der Waals surface area (Å²) in [6.07, 6.45) is 3.99. The van der Waals surface area contributed by atoms with Gasteiger partial charge in [0.1, 0.15) is 0 Å². The van der Waals surface area contributed by atoms with Crippen LogP contribution in [-0.2, 0) is 6.54 Å². The lowest BCUT2D eigenvalue weighted by molar-refractivity contribution is 0.847. The van der Waals surface area contributed by atoms with Crippen molar-refractivity contribution in [1.29, 1.82) is 0 Å². The normalized spacial score (nSPS) is 10.1. The van der Waals surface area contributed by atoms with Gasteiger partial charge in [0.15, 0.2) is 0 Å². The fourth-order valence-electron chi connectivity index (χ4n) is 1.53. The van der Waals surface area contributed by atoms with Crippen LogP contribution in [0.15, 0.2) is 48.8 Å². The second kappa shape index (κ2) is 4.75. The molecular formula is C13H17N3. The van der Waals surface area contributed by atoms with Crippen LogP contribution in [0.5, 0.6) is 0 Å². The minimum Gasteiger partial charge on any atom is -0.378 e. The van der Waals surface area contributed by atoms with Crippen LogP contribution < -0.4 is 10.3 Å². The predicted molar refractivity (Wildman–Crippen MR) is 68.3 cm³/mol. The lowest BCUT2D eigenvalue weighted by atomic mass is 10.2. The Labute approximate surface area is 96.3 Å². The molecule has 0 aliphatic heterocycles. The lowest BCUT2D eigenvalue weighted by Crippen LogP contribution is -2.12. The van der Waals surface area contributed by atoms with Crippen LogP contribution in [-0.4, -0.2) is 18.8 Å². The van der Waals surface area contributed by atoms with Gasteiger partial charge in [0.25, 0.3) is 0 Å². The molecule has 1 heterocycles. The first-order valence-corrected chi connectivity index (χ1v) is 5.39. The molecule has 16 heavy (non-hydrogen) atoms. The predicted octanol–water partition coefficient (Wildman–Crippen LogP) is 2.30. The van der Waals surface area contributed by atoms with Crippen LogP contribution in [0.25, 0.3) is 0 Å². The van der Waals surface area contributed by atoms with Crippen molar-refractivity contribution in [2.24, 2.45) is 0 Å². The number of hydrogen-bond acceptors (Lipinski definition) is 2. The molecule has 0 unspecified atom stereocenters. The summed E-state index contributed by atoms with van der Waals surface area (Å²) < 4.78 is 1.96. The summed E-state index contributed by atoms with van der Waals surface area (Å²) in [7, 11) is 4.10. The number of rotatable bonds is 4.